The van der Waals surface area contributed by atoms with E-state index >= 15 is 0 Å². The third kappa shape index (κ3) is 6.32. The van der Waals surface area contributed by atoms with Crippen molar-refractivity contribution in [1.29, 1.82) is 0 Å². The number of aromatic nitrogens is 5. The maximum absolute atomic E-state index is 11.1. The first kappa shape index (κ1) is 24.7. The van der Waals surface area contributed by atoms with E-state index in [4.69, 9.17) is 16.3 Å². The first-order valence-corrected chi connectivity index (χ1v) is 11.9. The minimum atomic E-state index is -0.409. The minimum absolute atomic E-state index is 0.0199. The molecule has 0 atom stereocenters. The van der Waals surface area contributed by atoms with Crippen LogP contribution in [0.1, 0.15) is 28.6 Å². The van der Waals surface area contributed by atoms with Crippen LogP contribution in [0, 0.1) is 37.8 Å². The monoisotopic (exact) mass is 491 g/mol. The van der Waals surface area contributed by atoms with Gasteiger partial charge in [0.2, 0.25) is 0 Å². The Balaban J connectivity index is 1.48. The van der Waals surface area contributed by atoms with Gasteiger partial charge < -0.3 is 20.2 Å². The topological polar surface area (TPSA) is 121 Å². The fourth-order valence-corrected chi connectivity index (χ4v) is 4.09. The molecule has 10 nitrogen and oxygen atoms in total. The summed E-state index contributed by atoms with van der Waals surface area (Å²) in [7, 11) is 0. The molecule has 3 rings (SSSR count). The van der Waals surface area contributed by atoms with Gasteiger partial charge in [-0.15, -0.1) is 0 Å². The molecule has 0 aromatic carbocycles. The molecule has 1 N–H and O–H groups in total. The van der Waals surface area contributed by atoms with Gasteiger partial charge in [0.05, 0.1) is 24.5 Å². The van der Waals surface area contributed by atoms with E-state index in [0.717, 1.165) is 34.2 Å². The zero-order valence-electron chi connectivity index (χ0n) is 19.0. The van der Waals surface area contributed by atoms with E-state index < -0.39 is 4.92 Å². The van der Waals surface area contributed by atoms with E-state index in [1.165, 1.54) is 6.20 Å². The van der Waals surface area contributed by atoms with Crippen LogP contribution in [0.15, 0.2) is 18.5 Å². The quantitative estimate of drug-likeness (QED) is 0.238. The Bertz CT molecular complexity index is 1140. The normalized spacial score (nSPS) is 10.9. The van der Waals surface area contributed by atoms with Crippen LogP contribution in [0.25, 0.3) is 0 Å². The number of nitrogens with one attached hydrogen (secondary N) is 1. The van der Waals surface area contributed by atoms with Gasteiger partial charge in [-0.05, 0) is 31.8 Å². The van der Waals surface area contributed by atoms with E-state index in [1.54, 1.807) is 29.4 Å². The Labute approximate surface area is 201 Å². The van der Waals surface area contributed by atoms with Gasteiger partial charge in [-0.25, -0.2) is 19.5 Å². The zero-order valence-corrected chi connectivity index (χ0v) is 20.5. The second kappa shape index (κ2) is 11.3. The lowest BCUT2D eigenvalue weighted by Gasteiger charge is -2.14. The lowest BCUT2D eigenvalue weighted by atomic mass is 10.2. The molecule has 0 amide bonds. The molecule has 0 aliphatic rings. The number of rotatable bonds is 11. The highest BCUT2D eigenvalue weighted by Gasteiger charge is 2.16. The second-order valence-corrected chi connectivity index (χ2v) is 8.89. The average Bonchev–Trinajstić information content (AvgIpc) is 3.14. The molecule has 0 spiro atoms. The summed E-state index contributed by atoms with van der Waals surface area (Å²) in [6, 6.07) is 1.84. The summed E-state index contributed by atoms with van der Waals surface area (Å²) < 4.78 is 7.56. The highest BCUT2D eigenvalue weighted by molar-refractivity contribution is 7.99. The number of nitrogens with zero attached hydrogens (tertiary/aromatic N) is 6. The van der Waals surface area contributed by atoms with E-state index in [0.29, 0.717) is 42.2 Å². The molecule has 0 radical (unpaired) electrons. The highest BCUT2D eigenvalue weighted by Crippen LogP contribution is 2.25. The third-order valence-electron chi connectivity index (χ3n) is 4.98. The number of hydrogen-bond acceptors (Lipinski definition) is 9. The lowest BCUT2D eigenvalue weighted by molar-refractivity contribution is -0.392. The van der Waals surface area contributed by atoms with Gasteiger partial charge in [-0.1, -0.05) is 11.6 Å². The molecule has 3 aromatic heterocycles. The summed E-state index contributed by atoms with van der Waals surface area (Å²) >= 11 is 7.97. The standard InChI is InChI=1S/C21H26ClN7O3S/c1-13-17(11-25-21-20(22)14(2)26-15(3)27-21)23-6-5-18(13)32-8-10-33-9-7-28-16(4)24-12-19(28)29(30)31/h5-6,12H,7-11H2,1-4H3,(H,25,26,27). The minimum Gasteiger partial charge on any atom is -0.492 e. The largest absolute Gasteiger partial charge is 0.492 e. The molecule has 0 saturated carbocycles. The van der Waals surface area contributed by atoms with Crippen LogP contribution in [0.4, 0.5) is 11.6 Å². The van der Waals surface area contributed by atoms with E-state index in [1.807, 2.05) is 26.8 Å². The van der Waals surface area contributed by atoms with Gasteiger partial charge >= 0.3 is 5.82 Å². The number of nitro groups is 1. The van der Waals surface area contributed by atoms with Crippen LogP contribution in [0.5, 0.6) is 5.75 Å². The predicted molar refractivity (Wildman–Crippen MR) is 129 cm³/mol. The van der Waals surface area contributed by atoms with Gasteiger partial charge in [-0.2, -0.15) is 11.8 Å². The molecular formula is C21H26ClN7O3S. The van der Waals surface area contributed by atoms with Crippen molar-refractivity contribution < 1.29 is 9.66 Å². The molecule has 0 saturated heterocycles. The van der Waals surface area contributed by atoms with Crippen molar-refractivity contribution in [2.75, 3.05) is 23.4 Å². The van der Waals surface area contributed by atoms with Crippen molar-refractivity contribution in [2.24, 2.45) is 0 Å². The number of ether oxygens (including phenoxy) is 1. The summed E-state index contributed by atoms with van der Waals surface area (Å²) in [4.78, 5) is 27.7. The number of hydrogen-bond donors (Lipinski definition) is 1. The summed E-state index contributed by atoms with van der Waals surface area (Å²) in [5.41, 5.74) is 2.51. The molecule has 3 heterocycles. The summed E-state index contributed by atoms with van der Waals surface area (Å²) in [5.74, 6) is 4.14. The molecule has 3 aromatic rings. The van der Waals surface area contributed by atoms with Crippen molar-refractivity contribution in [2.45, 2.75) is 40.8 Å². The number of halogens is 1. The summed E-state index contributed by atoms with van der Waals surface area (Å²) in [5, 5.41) is 14.8. The maximum Gasteiger partial charge on any atom is 0.342 e. The van der Waals surface area contributed by atoms with Crippen LogP contribution in [0.2, 0.25) is 5.02 Å². The summed E-state index contributed by atoms with van der Waals surface area (Å²) in [6.07, 6.45) is 3.01. The fraction of sp³-hybridized carbons (Fsp3) is 0.429. The van der Waals surface area contributed by atoms with Gasteiger partial charge in [0.25, 0.3) is 0 Å². The first-order valence-electron chi connectivity index (χ1n) is 10.3. The molecule has 0 unspecified atom stereocenters. The Morgan fingerprint density at radius 3 is 2.76 bits per heavy atom. The van der Waals surface area contributed by atoms with Crippen molar-refractivity contribution in [3.63, 3.8) is 0 Å². The number of pyridine rings is 1. The van der Waals surface area contributed by atoms with Crippen molar-refractivity contribution in [1.82, 2.24) is 24.5 Å². The van der Waals surface area contributed by atoms with Crippen molar-refractivity contribution in [3.05, 3.63) is 62.2 Å². The molecule has 0 bridgehead atoms. The average molecular weight is 492 g/mol. The molecule has 0 aliphatic heterocycles. The van der Waals surface area contributed by atoms with Crippen LogP contribution in [-0.4, -0.2) is 47.5 Å². The maximum atomic E-state index is 11.1. The van der Waals surface area contributed by atoms with Crippen molar-refractivity contribution in [3.8, 4) is 5.75 Å². The molecule has 176 valence electrons. The molecule has 12 heteroatoms. The Morgan fingerprint density at radius 2 is 2.00 bits per heavy atom. The molecule has 33 heavy (non-hydrogen) atoms. The highest BCUT2D eigenvalue weighted by atomic mass is 35.5. The molecule has 0 aliphatic carbocycles. The SMILES string of the molecule is Cc1nc(C)c(Cl)c(NCc2nccc(OCCSCCn3c([N+](=O)[O-])cnc3C)c2C)n1. The van der Waals surface area contributed by atoms with Gasteiger partial charge in [0.1, 0.15) is 35.2 Å². The van der Waals surface area contributed by atoms with Gasteiger partial charge in [0, 0.05) is 30.2 Å². The smallest absolute Gasteiger partial charge is 0.342 e. The third-order valence-corrected chi connectivity index (χ3v) is 6.36. The summed E-state index contributed by atoms with van der Waals surface area (Å²) in [6.45, 7) is 8.89. The fourth-order valence-electron chi connectivity index (χ4n) is 3.22. The Morgan fingerprint density at radius 1 is 1.21 bits per heavy atom. The Kier molecular flexibility index (Phi) is 8.45. The first-order chi connectivity index (χ1) is 15.8. The van der Waals surface area contributed by atoms with E-state index in [-0.39, 0.29) is 5.82 Å². The van der Waals surface area contributed by atoms with Crippen LogP contribution < -0.4 is 10.1 Å². The number of anilines is 1. The van der Waals surface area contributed by atoms with Gasteiger partial charge in [-0.3, -0.25) is 4.98 Å². The predicted octanol–water partition coefficient (Wildman–Crippen LogP) is 4.29. The van der Waals surface area contributed by atoms with E-state index in [9.17, 15) is 10.1 Å². The van der Waals surface area contributed by atoms with E-state index in [2.05, 4.69) is 25.3 Å². The zero-order chi connectivity index (χ0) is 24.0. The second-order valence-electron chi connectivity index (χ2n) is 7.29. The number of imidazole rings is 1. The van der Waals surface area contributed by atoms with Crippen LogP contribution >= 0.6 is 23.4 Å². The van der Waals surface area contributed by atoms with Gasteiger partial charge in [0.15, 0.2) is 5.82 Å². The number of thioether (sulfide) groups is 1. The Hall–Kier alpha value is -2.92. The molecular weight excluding hydrogens is 466 g/mol. The molecule has 0 fully saturated rings. The van der Waals surface area contributed by atoms with Crippen LogP contribution in [0.3, 0.4) is 0 Å². The van der Waals surface area contributed by atoms with Crippen LogP contribution in [-0.2, 0) is 13.1 Å². The van der Waals surface area contributed by atoms with Crippen molar-refractivity contribution >= 4 is 35.0 Å². The number of aryl methyl sites for hydroxylation is 3. The lowest BCUT2D eigenvalue weighted by Crippen LogP contribution is -2.10.